The molecule has 98 valence electrons. The highest BCUT2D eigenvalue weighted by atomic mass is 35.5. The van der Waals surface area contributed by atoms with Gasteiger partial charge in [-0.1, -0.05) is 25.4 Å². The molecule has 1 atom stereocenters. The predicted molar refractivity (Wildman–Crippen MR) is 70.5 cm³/mol. The van der Waals surface area contributed by atoms with Gasteiger partial charge < -0.3 is 10.4 Å². The molecule has 2 N–H and O–H groups in total. The second-order valence-electron chi connectivity index (χ2n) is 5.16. The van der Waals surface area contributed by atoms with E-state index >= 15 is 0 Å². The Morgan fingerprint density at radius 1 is 1.47 bits per heavy atom. The van der Waals surface area contributed by atoms with Gasteiger partial charge in [0.15, 0.2) is 0 Å². The van der Waals surface area contributed by atoms with Crippen LogP contribution in [0.4, 0.5) is 0 Å². The van der Waals surface area contributed by atoms with Crippen molar-refractivity contribution in [1.29, 1.82) is 0 Å². The second kappa shape index (κ2) is 5.38. The zero-order chi connectivity index (χ0) is 13.2. The third-order valence-electron chi connectivity index (χ3n) is 2.78. The Labute approximate surface area is 108 Å². The molecular weight excluding hydrogens is 238 g/mol. The van der Waals surface area contributed by atoms with E-state index in [1.807, 2.05) is 25.5 Å². The summed E-state index contributed by atoms with van der Waals surface area (Å²) in [4.78, 5) is 0. The summed E-state index contributed by atoms with van der Waals surface area (Å²) in [6.07, 6.45) is 0. The minimum atomic E-state index is -0.388. The first-order valence-corrected chi connectivity index (χ1v) is 6.25. The molecule has 0 aliphatic heterocycles. The number of hydrogen-bond donors (Lipinski definition) is 2. The highest BCUT2D eigenvalue weighted by Gasteiger charge is 2.26. The van der Waals surface area contributed by atoms with E-state index in [9.17, 15) is 5.11 Å². The van der Waals surface area contributed by atoms with Crippen molar-refractivity contribution < 1.29 is 5.11 Å². The van der Waals surface area contributed by atoms with Crippen LogP contribution >= 0.6 is 11.6 Å². The van der Waals surface area contributed by atoms with Gasteiger partial charge in [-0.3, -0.25) is 4.68 Å². The molecule has 0 spiro atoms. The summed E-state index contributed by atoms with van der Waals surface area (Å²) in [6.45, 7) is 10.6. The number of aliphatic hydroxyl groups excluding tert-OH is 1. The van der Waals surface area contributed by atoms with E-state index in [2.05, 4.69) is 24.3 Å². The quantitative estimate of drug-likeness (QED) is 0.849. The molecule has 5 heteroatoms. The molecule has 0 bridgehead atoms. The van der Waals surface area contributed by atoms with Crippen molar-refractivity contribution in [3.8, 4) is 0 Å². The summed E-state index contributed by atoms with van der Waals surface area (Å²) in [5.74, 6) is 0. The number of halogens is 1. The molecule has 0 saturated carbocycles. The van der Waals surface area contributed by atoms with Gasteiger partial charge in [-0.15, -0.1) is 0 Å². The lowest BCUT2D eigenvalue weighted by atomic mass is 10.0. The molecule has 4 nitrogen and oxygen atoms in total. The molecular formula is C12H22ClN3O. The maximum Gasteiger partial charge on any atom is 0.0844 e. The molecule has 0 aliphatic carbocycles. The van der Waals surface area contributed by atoms with Gasteiger partial charge in [0, 0.05) is 6.04 Å². The van der Waals surface area contributed by atoms with E-state index in [1.165, 1.54) is 0 Å². The number of aliphatic hydroxyl groups is 1. The number of aromatic nitrogens is 2. The maximum atomic E-state index is 9.53. The average molecular weight is 260 g/mol. The Hall–Kier alpha value is -0.580. The third kappa shape index (κ3) is 3.44. The van der Waals surface area contributed by atoms with Crippen molar-refractivity contribution in [1.82, 2.24) is 15.1 Å². The van der Waals surface area contributed by atoms with E-state index in [-0.39, 0.29) is 12.1 Å². The fourth-order valence-electron chi connectivity index (χ4n) is 2.00. The molecule has 1 aromatic heterocycles. The summed E-state index contributed by atoms with van der Waals surface area (Å²) in [7, 11) is 0. The van der Waals surface area contributed by atoms with Crippen LogP contribution < -0.4 is 5.32 Å². The van der Waals surface area contributed by atoms with Crippen LogP contribution in [-0.4, -0.2) is 33.1 Å². The Morgan fingerprint density at radius 2 is 2.06 bits per heavy atom. The smallest absolute Gasteiger partial charge is 0.0844 e. The number of nitrogens with zero attached hydrogens (tertiary/aromatic N) is 2. The van der Waals surface area contributed by atoms with Crippen molar-refractivity contribution in [2.45, 2.75) is 52.7 Å². The Morgan fingerprint density at radius 3 is 2.41 bits per heavy atom. The van der Waals surface area contributed by atoms with Crippen LogP contribution in [0.15, 0.2) is 0 Å². The fourth-order valence-corrected chi connectivity index (χ4v) is 2.13. The monoisotopic (exact) mass is 259 g/mol. The van der Waals surface area contributed by atoms with Gasteiger partial charge in [0.05, 0.1) is 35.1 Å². The van der Waals surface area contributed by atoms with Crippen molar-refractivity contribution in [3.05, 3.63) is 16.4 Å². The number of rotatable bonds is 5. The first-order chi connectivity index (χ1) is 7.79. The highest BCUT2D eigenvalue weighted by Crippen LogP contribution is 2.20. The summed E-state index contributed by atoms with van der Waals surface area (Å²) >= 11 is 6.11. The minimum Gasteiger partial charge on any atom is -0.394 e. The molecule has 0 aromatic carbocycles. The van der Waals surface area contributed by atoms with Gasteiger partial charge in [-0.05, 0) is 20.8 Å². The maximum absolute atomic E-state index is 9.53. The molecule has 1 aromatic rings. The van der Waals surface area contributed by atoms with E-state index in [0.29, 0.717) is 17.6 Å². The Bertz CT molecular complexity index is 389. The lowest BCUT2D eigenvalue weighted by Crippen LogP contribution is -2.52. The van der Waals surface area contributed by atoms with Crippen LogP contribution in [0, 0.1) is 13.8 Å². The Kier molecular flexibility index (Phi) is 4.58. The third-order valence-corrected chi connectivity index (χ3v) is 3.33. The van der Waals surface area contributed by atoms with Crippen molar-refractivity contribution in [2.75, 3.05) is 6.61 Å². The summed E-state index contributed by atoms with van der Waals surface area (Å²) in [5.41, 5.74) is 1.38. The number of hydrogen-bond acceptors (Lipinski definition) is 3. The average Bonchev–Trinajstić information content (AvgIpc) is 2.45. The zero-order valence-electron chi connectivity index (χ0n) is 11.2. The van der Waals surface area contributed by atoms with Crippen molar-refractivity contribution in [2.24, 2.45) is 0 Å². The van der Waals surface area contributed by atoms with E-state index in [0.717, 1.165) is 11.4 Å². The SMILES string of the molecule is Cc1nn(CC(C)(CO)NC(C)C)c(C)c1Cl. The zero-order valence-corrected chi connectivity index (χ0v) is 12.0. The molecule has 0 aliphatic rings. The normalized spacial score (nSPS) is 15.3. The van der Waals surface area contributed by atoms with Crippen molar-refractivity contribution in [3.63, 3.8) is 0 Å². The summed E-state index contributed by atoms with van der Waals surface area (Å²) in [5, 5.41) is 18.0. The minimum absolute atomic E-state index is 0.0567. The molecule has 0 fully saturated rings. The molecule has 0 saturated heterocycles. The first-order valence-electron chi connectivity index (χ1n) is 5.87. The topological polar surface area (TPSA) is 50.1 Å². The number of aryl methyl sites for hydroxylation is 1. The molecule has 1 heterocycles. The molecule has 1 rings (SSSR count). The predicted octanol–water partition coefficient (Wildman–Crippen LogP) is 1.90. The lowest BCUT2D eigenvalue weighted by molar-refractivity contribution is 0.144. The van der Waals surface area contributed by atoms with Crippen LogP contribution in [0.1, 0.15) is 32.2 Å². The van der Waals surface area contributed by atoms with Crippen molar-refractivity contribution >= 4 is 11.6 Å². The van der Waals surface area contributed by atoms with E-state index < -0.39 is 0 Å². The highest BCUT2D eigenvalue weighted by molar-refractivity contribution is 6.31. The summed E-state index contributed by atoms with van der Waals surface area (Å²) < 4.78 is 1.85. The van der Waals surface area contributed by atoms with E-state index in [1.54, 1.807) is 0 Å². The van der Waals surface area contributed by atoms with Gasteiger partial charge in [-0.2, -0.15) is 5.10 Å². The standard InChI is InChI=1S/C12H22ClN3O/c1-8(2)14-12(5,7-17)6-16-10(4)11(13)9(3)15-16/h8,14,17H,6-7H2,1-5H3. The van der Waals surface area contributed by atoms with Gasteiger partial charge in [-0.25, -0.2) is 0 Å². The van der Waals surface area contributed by atoms with Gasteiger partial charge >= 0.3 is 0 Å². The van der Waals surface area contributed by atoms with Gasteiger partial charge in [0.25, 0.3) is 0 Å². The van der Waals surface area contributed by atoms with Crippen LogP contribution in [0.5, 0.6) is 0 Å². The lowest BCUT2D eigenvalue weighted by Gasteiger charge is -2.31. The summed E-state index contributed by atoms with van der Waals surface area (Å²) in [6, 6.07) is 0.305. The fraction of sp³-hybridized carbons (Fsp3) is 0.750. The molecule has 17 heavy (non-hydrogen) atoms. The largest absolute Gasteiger partial charge is 0.394 e. The number of nitrogens with one attached hydrogen (secondary N) is 1. The molecule has 0 amide bonds. The van der Waals surface area contributed by atoms with Gasteiger partial charge in [0.1, 0.15) is 0 Å². The Balaban J connectivity index is 2.91. The van der Waals surface area contributed by atoms with Gasteiger partial charge in [0.2, 0.25) is 0 Å². The van der Waals surface area contributed by atoms with Crippen LogP contribution in [0.25, 0.3) is 0 Å². The molecule has 1 unspecified atom stereocenters. The first kappa shape index (κ1) is 14.5. The van der Waals surface area contributed by atoms with E-state index in [4.69, 9.17) is 11.6 Å². The second-order valence-corrected chi connectivity index (χ2v) is 5.54. The van der Waals surface area contributed by atoms with Crippen LogP contribution in [0.2, 0.25) is 5.02 Å². The molecule has 0 radical (unpaired) electrons. The van der Waals surface area contributed by atoms with Crippen LogP contribution in [-0.2, 0) is 6.54 Å². The van der Waals surface area contributed by atoms with Crippen LogP contribution in [0.3, 0.4) is 0 Å².